The van der Waals surface area contributed by atoms with Gasteiger partial charge in [-0.3, -0.25) is 4.79 Å². The molecule has 0 spiro atoms. The van der Waals surface area contributed by atoms with E-state index in [1.165, 1.54) is 0 Å². The fraction of sp³-hybridized carbons (Fsp3) is 0.462. The Morgan fingerprint density at radius 2 is 1.81 bits per heavy atom. The quantitative estimate of drug-likeness (QED) is 0.616. The molecule has 0 amide bonds. The van der Waals surface area contributed by atoms with Gasteiger partial charge in [-0.05, 0) is 30.4 Å². The molecule has 0 atom stereocenters. The Hall–Kier alpha value is -1.25. The zero-order chi connectivity index (χ0) is 11.9. The molecule has 1 aromatic rings. The molecular weight excluding hydrogens is 210 g/mol. The number of carbonyl (C=O) groups is 1. The van der Waals surface area contributed by atoms with Crippen LogP contribution in [0.2, 0.25) is 0 Å². The van der Waals surface area contributed by atoms with Crippen LogP contribution < -0.4 is 0 Å². The lowest BCUT2D eigenvalue weighted by molar-refractivity contribution is 0.0930. The van der Waals surface area contributed by atoms with Crippen LogP contribution in [0.1, 0.15) is 42.6 Å². The number of hydrogen-bond donors (Lipinski definition) is 0. The molecule has 0 N–H and O–H groups in total. The van der Waals surface area contributed by atoms with Crippen LogP contribution in [0.4, 0.5) is 8.78 Å². The summed E-state index contributed by atoms with van der Waals surface area (Å²) < 4.78 is 27.1. The first-order valence-electron chi connectivity index (χ1n) is 5.41. The van der Waals surface area contributed by atoms with Gasteiger partial charge in [0.05, 0.1) is 5.56 Å². The molecule has 86 valence electrons. The molecule has 0 aromatic heterocycles. The van der Waals surface area contributed by atoms with Gasteiger partial charge in [-0.1, -0.05) is 13.8 Å². The van der Waals surface area contributed by atoms with Crippen LogP contribution in [-0.2, 0) is 6.42 Å². The molecule has 0 aliphatic heterocycles. The van der Waals surface area contributed by atoms with Crippen LogP contribution in [0.25, 0.3) is 0 Å². The van der Waals surface area contributed by atoms with Crippen molar-refractivity contribution in [2.75, 3.05) is 0 Å². The van der Waals surface area contributed by atoms with E-state index in [0.717, 1.165) is 12.1 Å². The third-order valence-electron chi connectivity index (χ3n) is 3.17. The summed E-state index contributed by atoms with van der Waals surface area (Å²) in [5.74, 6) is -1.35. The van der Waals surface area contributed by atoms with Gasteiger partial charge in [-0.25, -0.2) is 8.78 Å². The Balaban J connectivity index is 2.57. The summed E-state index contributed by atoms with van der Waals surface area (Å²) in [6, 6.07) is 2.13. The zero-order valence-electron chi connectivity index (χ0n) is 9.44. The van der Waals surface area contributed by atoms with Crippen molar-refractivity contribution in [2.45, 2.75) is 33.1 Å². The van der Waals surface area contributed by atoms with Crippen molar-refractivity contribution >= 4 is 5.78 Å². The molecular formula is C13H14F2O. The summed E-state index contributed by atoms with van der Waals surface area (Å²) in [5.41, 5.74) is 0.0239. The van der Waals surface area contributed by atoms with Crippen molar-refractivity contribution < 1.29 is 13.6 Å². The molecule has 0 heterocycles. The summed E-state index contributed by atoms with van der Waals surface area (Å²) in [5, 5.41) is 0. The smallest absolute Gasteiger partial charge is 0.166 e. The van der Waals surface area contributed by atoms with Gasteiger partial charge in [0.15, 0.2) is 5.78 Å². The van der Waals surface area contributed by atoms with Gasteiger partial charge in [-0.15, -0.1) is 0 Å². The number of halogens is 2. The Labute approximate surface area is 93.5 Å². The zero-order valence-corrected chi connectivity index (χ0v) is 9.44. The highest BCUT2D eigenvalue weighted by Crippen LogP contribution is 2.35. The molecule has 0 fully saturated rings. The van der Waals surface area contributed by atoms with Gasteiger partial charge in [0.25, 0.3) is 0 Å². The van der Waals surface area contributed by atoms with Crippen molar-refractivity contribution in [1.29, 1.82) is 0 Å². The summed E-state index contributed by atoms with van der Waals surface area (Å²) in [7, 11) is 0. The van der Waals surface area contributed by atoms with Gasteiger partial charge >= 0.3 is 0 Å². The SMILES string of the molecule is CC1(C)CCc2c(F)ccc(F)c2C(=O)C1. The lowest BCUT2D eigenvalue weighted by Gasteiger charge is -2.20. The molecule has 0 saturated heterocycles. The Morgan fingerprint density at radius 3 is 2.50 bits per heavy atom. The average molecular weight is 224 g/mol. The molecule has 1 nitrogen and oxygen atoms in total. The summed E-state index contributed by atoms with van der Waals surface area (Å²) in [6.07, 6.45) is 1.41. The molecule has 1 aliphatic rings. The van der Waals surface area contributed by atoms with Crippen molar-refractivity contribution in [3.63, 3.8) is 0 Å². The number of benzene rings is 1. The number of ketones is 1. The van der Waals surface area contributed by atoms with E-state index >= 15 is 0 Å². The number of hydrogen-bond acceptors (Lipinski definition) is 1. The second-order valence-electron chi connectivity index (χ2n) is 5.15. The largest absolute Gasteiger partial charge is 0.294 e. The third-order valence-corrected chi connectivity index (χ3v) is 3.17. The van der Waals surface area contributed by atoms with Crippen LogP contribution in [0, 0.1) is 17.0 Å². The molecule has 1 aromatic carbocycles. The van der Waals surface area contributed by atoms with Crippen molar-refractivity contribution in [3.05, 3.63) is 34.9 Å². The topological polar surface area (TPSA) is 17.1 Å². The van der Waals surface area contributed by atoms with Crippen molar-refractivity contribution in [2.24, 2.45) is 5.41 Å². The van der Waals surface area contributed by atoms with Gasteiger partial charge < -0.3 is 0 Å². The second kappa shape index (κ2) is 3.65. The third kappa shape index (κ3) is 1.86. The number of Topliss-reactive ketones (excluding diaryl/α,β-unsaturated/α-hetero) is 1. The minimum atomic E-state index is -0.598. The minimum Gasteiger partial charge on any atom is -0.294 e. The van der Waals surface area contributed by atoms with Crippen LogP contribution >= 0.6 is 0 Å². The maximum Gasteiger partial charge on any atom is 0.166 e. The van der Waals surface area contributed by atoms with E-state index in [9.17, 15) is 13.6 Å². The Bertz CT molecular complexity index is 449. The molecule has 0 unspecified atom stereocenters. The monoisotopic (exact) mass is 224 g/mol. The van der Waals surface area contributed by atoms with E-state index in [2.05, 4.69) is 0 Å². The van der Waals surface area contributed by atoms with Crippen molar-refractivity contribution in [1.82, 2.24) is 0 Å². The Morgan fingerprint density at radius 1 is 1.19 bits per heavy atom. The summed E-state index contributed by atoms with van der Waals surface area (Å²) >= 11 is 0. The first kappa shape index (κ1) is 11.2. The lowest BCUT2D eigenvalue weighted by atomic mass is 9.84. The predicted octanol–water partition coefficient (Wildman–Crippen LogP) is 3.51. The van der Waals surface area contributed by atoms with E-state index in [1.54, 1.807) is 0 Å². The maximum absolute atomic E-state index is 13.5. The highest BCUT2D eigenvalue weighted by atomic mass is 19.1. The molecule has 0 radical (unpaired) electrons. The van der Waals surface area contributed by atoms with E-state index < -0.39 is 11.6 Å². The normalized spacial score (nSPS) is 19.1. The van der Waals surface area contributed by atoms with Crippen LogP contribution in [0.5, 0.6) is 0 Å². The molecule has 3 heteroatoms. The van der Waals surface area contributed by atoms with Gasteiger partial charge in [-0.2, -0.15) is 0 Å². The highest BCUT2D eigenvalue weighted by molar-refractivity contribution is 5.98. The first-order valence-corrected chi connectivity index (χ1v) is 5.41. The van der Waals surface area contributed by atoms with Gasteiger partial charge in [0.2, 0.25) is 0 Å². The summed E-state index contributed by atoms with van der Waals surface area (Å²) in [4.78, 5) is 11.9. The van der Waals surface area contributed by atoms with Gasteiger partial charge in [0, 0.05) is 12.0 Å². The van der Waals surface area contributed by atoms with E-state index in [0.29, 0.717) is 12.8 Å². The fourth-order valence-electron chi connectivity index (χ4n) is 2.21. The van der Waals surface area contributed by atoms with Crippen LogP contribution in [0.3, 0.4) is 0 Å². The molecule has 0 bridgehead atoms. The maximum atomic E-state index is 13.5. The molecule has 16 heavy (non-hydrogen) atoms. The van der Waals surface area contributed by atoms with Crippen molar-refractivity contribution in [3.8, 4) is 0 Å². The van der Waals surface area contributed by atoms with Crippen LogP contribution in [-0.4, -0.2) is 5.78 Å². The highest BCUT2D eigenvalue weighted by Gasteiger charge is 2.31. The fourth-order valence-corrected chi connectivity index (χ4v) is 2.21. The minimum absolute atomic E-state index is 0.0365. The van der Waals surface area contributed by atoms with Crippen LogP contribution in [0.15, 0.2) is 12.1 Å². The average Bonchev–Trinajstić information content (AvgIpc) is 2.29. The molecule has 1 aliphatic carbocycles. The number of carbonyl (C=O) groups excluding carboxylic acids is 1. The number of rotatable bonds is 0. The molecule has 0 saturated carbocycles. The Kier molecular flexibility index (Phi) is 2.56. The molecule has 2 rings (SSSR count). The number of fused-ring (bicyclic) bond motifs is 1. The first-order chi connectivity index (χ1) is 7.41. The van der Waals surface area contributed by atoms with E-state index in [4.69, 9.17) is 0 Å². The van der Waals surface area contributed by atoms with E-state index in [1.807, 2.05) is 13.8 Å². The second-order valence-corrected chi connectivity index (χ2v) is 5.15. The predicted molar refractivity (Wildman–Crippen MR) is 57.4 cm³/mol. The summed E-state index contributed by atoms with van der Waals surface area (Å²) in [6.45, 7) is 3.90. The standard InChI is InChI=1S/C13H14F2O/c1-13(2)6-5-8-9(14)3-4-10(15)12(8)11(16)7-13/h3-4H,5-7H2,1-2H3. The van der Waals surface area contributed by atoms with Gasteiger partial charge in [0.1, 0.15) is 11.6 Å². The van der Waals surface area contributed by atoms with E-state index in [-0.39, 0.29) is 28.7 Å². The lowest BCUT2D eigenvalue weighted by Crippen LogP contribution is -2.15.